The Labute approximate surface area is 219 Å². The summed E-state index contributed by atoms with van der Waals surface area (Å²) in [4.78, 5) is 6.34. The van der Waals surface area contributed by atoms with Crippen molar-refractivity contribution in [3.8, 4) is 5.69 Å². The number of amidine groups is 1. The zero-order valence-corrected chi connectivity index (χ0v) is 22.5. The molecule has 1 fully saturated rings. The third-order valence-corrected chi connectivity index (χ3v) is 11.5. The fourth-order valence-electron chi connectivity index (χ4n) is 4.81. The molecular weight excluding hydrogens is 511 g/mol. The van der Waals surface area contributed by atoms with Crippen LogP contribution in [0.25, 0.3) is 5.69 Å². The number of hydrogen-bond donors (Lipinski definition) is 0. The van der Waals surface area contributed by atoms with Crippen molar-refractivity contribution in [1.29, 1.82) is 0 Å². The number of fused-ring (bicyclic) bond motifs is 1. The second-order valence-corrected chi connectivity index (χ2v) is 12.9. The van der Waals surface area contributed by atoms with Crippen molar-refractivity contribution in [2.24, 2.45) is 9.74 Å². The van der Waals surface area contributed by atoms with E-state index in [9.17, 15) is 0 Å². The standard InChI is InChI=1S/C26H26ClN6OPS/c1-19-24-26(33(29-19)20-9-4-3-5-10-20)28-25(23-13-8-18-36-23)31(2)35(24,32-14-16-34-17-15-32)30-22-12-7-6-11-21(22)27/h3-13,18H,14-17H2,1-2H3/t35-/m0/s1. The topological polar surface area (TPSA) is 58.3 Å². The van der Waals surface area contributed by atoms with Gasteiger partial charge in [-0.25, -0.2) is 19.1 Å². The van der Waals surface area contributed by atoms with E-state index in [4.69, 9.17) is 31.2 Å². The summed E-state index contributed by atoms with van der Waals surface area (Å²) in [5, 5.41) is 8.81. The minimum Gasteiger partial charge on any atom is -0.379 e. The molecule has 4 heterocycles. The Bertz CT molecular complexity index is 1480. The number of aliphatic imine (C=N–C) groups is 1. The number of hydrogen-bond acceptors (Lipinski definition) is 5. The Hall–Kier alpha value is -2.74. The molecule has 0 bridgehead atoms. The highest BCUT2D eigenvalue weighted by atomic mass is 35.5. The summed E-state index contributed by atoms with van der Waals surface area (Å²) in [7, 11) is -0.495. The highest BCUT2D eigenvalue weighted by Gasteiger charge is 2.45. The van der Waals surface area contributed by atoms with Gasteiger partial charge < -0.3 is 9.41 Å². The molecule has 2 aromatic heterocycles. The molecule has 0 radical (unpaired) electrons. The Morgan fingerprint density at radius 3 is 2.47 bits per heavy atom. The van der Waals surface area contributed by atoms with Crippen LogP contribution in [0.5, 0.6) is 0 Å². The van der Waals surface area contributed by atoms with Gasteiger partial charge in [-0.2, -0.15) is 5.10 Å². The van der Waals surface area contributed by atoms with E-state index >= 15 is 0 Å². The minimum absolute atomic E-state index is 0.633. The number of benzene rings is 2. The number of halogens is 1. The molecular formula is C26H26ClN6OPS. The number of para-hydroxylation sites is 1. The third-order valence-electron chi connectivity index (χ3n) is 6.47. The maximum absolute atomic E-state index is 6.71. The van der Waals surface area contributed by atoms with E-state index < -0.39 is 7.36 Å². The minimum atomic E-state index is -2.61. The van der Waals surface area contributed by atoms with Gasteiger partial charge in [0.15, 0.2) is 19.0 Å². The quantitative estimate of drug-likeness (QED) is 0.290. The SMILES string of the molecule is Cc1nn(-c2ccccc2)c2c1[P@@](=Nc1ccccc1Cl)(N1CCOCC1)N(C)C(c1cccs1)=N2. The molecule has 0 amide bonds. The lowest BCUT2D eigenvalue weighted by Gasteiger charge is -2.46. The molecule has 0 N–H and O–H groups in total. The molecule has 6 rings (SSSR count). The van der Waals surface area contributed by atoms with Crippen molar-refractivity contribution < 1.29 is 4.74 Å². The molecule has 0 saturated carbocycles. The average molecular weight is 537 g/mol. The zero-order valence-electron chi connectivity index (χ0n) is 20.1. The molecule has 184 valence electrons. The Balaban J connectivity index is 1.72. The third kappa shape index (κ3) is 3.85. The van der Waals surface area contributed by atoms with Crippen molar-refractivity contribution in [2.45, 2.75) is 6.92 Å². The second-order valence-electron chi connectivity index (χ2n) is 8.63. The van der Waals surface area contributed by atoms with Gasteiger partial charge in [-0.15, -0.1) is 11.3 Å². The van der Waals surface area contributed by atoms with Crippen molar-refractivity contribution >= 4 is 52.9 Å². The number of aryl methyl sites for hydroxylation is 1. The van der Waals surface area contributed by atoms with Gasteiger partial charge in [0.2, 0.25) is 0 Å². The van der Waals surface area contributed by atoms with Crippen LogP contribution in [0.15, 0.2) is 81.8 Å². The molecule has 7 nitrogen and oxygen atoms in total. The monoisotopic (exact) mass is 536 g/mol. The van der Waals surface area contributed by atoms with Crippen LogP contribution in [0.2, 0.25) is 5.02 Å². The number of morpholine rings is 1. The van der Waals surface area contributed by atoms with Crippen molar-refractivity contribution in [2.75, 3.05) is 33.4 Å². The Morgan fingerprint density at radius 2 is 1.75 bits per heavy atom. The summed E-state index contributed by atoms with van der Waals surface area (Å²) < 4.78 is 18.1. The van der Waals surface area contributed by atoms with Crippen LogP contribution in [0.1, 0.15) is 10.6 Å². The van der Waals surface area contributed by atoms with E-state index in [2.05, 4.69) is 53.0 Å². The van der Waals surface area contributed by atoms with Crippen LogP contribution in [-0.2, 0) is 4.74 Å². The number of aromatic nitrogens is 2. The molecule has 10 heteroatoms. The summed E-state index contributed by atoms with van der Waals surface area (Å²) >= 11 is 8.39. The molecule has 0 aliphatic carbocycles. The lowest BCUT2D eigenvalue weighted by molar-refractivity contribution is 0.0732. The van der Waals surface area contributed by atoms with Crippen LogP contribution in [-0.4, -0.2) is 58.3 Å². The predicted molar refractivity (Wildman–Crippen MR) is 149 cm³/mol. The molecule has 4 aromatic rings. The Morgan fingerprint density at radius 1 is 1.00 bits per heavy atom. The summed E-state index contributed by atoms with van der Waals surface area (Å²) in [6.07, 6.45) is 0. The van der Waals surface area contributed by atoms with Crippen molar-refractivity contribution in [3.05, 3.63) is 87.7 Å². The average Bonchev–Trinajstić information content (AvgIpc) is 3.56. The largest absolute Gasteiger partial charge is 0.379 e. The van der Waals surface area contributed by atoms with E-state index in [1.807, 2.05) is 47.1 Å². The lowest BCUT2D eigenvalue weighted by Crippen LogP contribution is -2.45. The second kappa shape index (κ2) is 9.61. The number of nitrogens with zero attached hydrogens (tertiary/aromatic N) is 6. The summed E-state index contributed by atoms with van der Waals surface area (Å²) in [5.41, 5.74) is 2.67. The van der Waals surface area contributed by atoms with Gasteiger partial charge in [0.1, 0.15) is 0 Å². The van der Waals surface area contributed by atoms with E-state index in [1.165, 1.54) is 0 Å². The molecule has 2 aromatic carbocycles. The molecule has 2 aliphatic rings. The molecule has 1 atom stereocenters. The summed E-state index contributed by atoms with van der Waals surface area (Å²) in [6, 6.07) is 22.2. The predicted octanol–water partition coefficient (Wildman–Crippen LogP) is 6.24. The van der Waals surface area contributed by atoms with Crippen LogP contribution in [0, 0.1) is 6.92 Å². The van der Waals surface area contributed by atoms with Crippen molar-refractivity contribution in [1.82, 2.24) is 19.1 Å². The maximum atomic E-state index is 6.71. The van der Waals surface area contributed by atoms with E-state index in [-0.39, 0.29) is 0 Å². The van der Waals surface area contributed by atoms with Gasteiger partial charge in [0.05, 0.1) is 45.5 Å². The first kappa shape index (κ1) is 23.6. The van der Waals surface area contributed by atoms with Gasteiger partial charge >= 0.3 is 0 Å². The Kier molecular flexibility index (Phi) is 6.32. The normalized spacial score (nSPS) is 20.2. The van der Waals surface area contributed by atoms with Crippen LogP contribution in [0.4, 0.5) is 11.5 Å². The molecule has 36 heavy (non-hydrogen) atoms. The van der Waals surface area contributed by atoms with E-state index in [0.29, 0.717) is 18.2 Å². The molecule has 2 aliphatic heterocycles. The first-order chi connectivity index (χ1) is 17.6. The van der Waals surface area contributed by atoms with E-state index in [0.717, 1.165) is 52.0 Å². The fraction of sp³-hybridized carbons (Fsp3) is 0.231. The first-order valence-electron chi connectivity index (χ1n) is 11.8. The van der Waals surface area contributed by atoms with Crippen LogP contribution >= 0.6 is 30.3 Å². The van der Waals surface area contributed by atoms with Gasteiger partial charge in [-0.1, -0.05) is 48.0 Å². The van der Waals surface area contributed by atoms with Gasteiger partial charge in [0, 0.05) is 20.1 Å². The number of thiophene rings is 1. The highest BCUT2D eigenvalue weighted by molar-refractivity contribution is 7.70. The smallest absolute Gasteiger partial charge is 0.170 e. The lowest BCUT2D eigenvalue weighted by atomic mass is 10.3. The molecule has 0 spiro atoms. The first-order valence-corrected chi connectivity index (χ1v) is 14.7. The van der Waals surface area contributed by atoms with E-state index in [1.54, 1.807) is 11.3 Å². The summed E-state index contributed by atoms with van der Waals surface area (Å²) in [6.45, 7) is 4.90. The number of rotatable bonds is 4. The maximum Gasteiger partial charge on any atom is 0.170 e. The number of ether oxygens (including phenoxy) is 1. The van der Waals surface area contributed by atoms with Gasteiger partial charge in [-0.05, 0) is 42.6 Å². The highest BCUT2D eigenvalue weighted by Crippen LogP contribution is 2.62. The zero-order chi connectivity index (χ0) is 24.7. The van der Waals surface area contributed by atoms with Crippen LogP contribution < -0.4 is 5.30 Å². The van der Waals surface area contributed by atoms with Crippen LogP contribution in [0.3, 0.4) is 0 Å². The van der Waals surface area contributed by atoms with Gasteiger partial charge in [-0.3, -0.25) is 0 Å². The summed E-state index contributed by atoms with van der Waals surface area (Å²) in [5.74, 6) is 1.72. The van der Waals surface area contributed by atoms with Crippen molar-refractivity contribution in [3.63, 3.8) is 0 Å². The fourth-order valence-corrected chi connectivity index (χ4v) is 9.69. The molecule has 0 unspecified atom stereocenters. The van der Waals surface area contributed by atoms with Gasteiger partial charge in [0.25, 0.3) is 0 Å². The molecule has 1 saturated heterocycles.